The Hall–Kier alpha value is -2.72. The molecule has 0 aliphatic heterocycles. The van der Waals surface area contributed by atoms with Gasteiger partial charge < -0.3 is 0 Å². The predicted octanol–water partition coefficient (Wildman–Crippen LogP) is 4.07. The summed E-state index contributed by atoms with van der Waals surface area (Å²) < 4.78 is 0.958. The zero-order valence-corrected chi connectivity index (χ0v) is 13.2. The zero-order chi connectivity index (χ0) is 16.1. The van der Waals surface area contributed by atoms with Gasteiger partial charge in [0.05, 0.1) is 22.3 Å². The maximum absolute atomic E-state index is 11.0. The minimum atomic E-state index is -0.548. The highest BCUT2D eigenvalue weighted by Crippen LogP contribution is 2.25. The Balaban J connectivity index is 2.27. The standard InChI is InChI=1S/C15H11BrN4O2/c1-10(12-3-5-13(16)6-4-12)18-19-14-7-2-11(9-17)8-15(14)20(21)22/h2-8,19H,1H3/b18-10-. The molecule has 0 saturated carbocycles. The summed E-state index contributed by atoms with van der Waals surface area (Å²) in [4.78, 5) is 10.5. The van der Waals surface area contributed by atoms with E-state index in [9.17, 15) is 10.1 Å². The van der Waals surface area contributed by atoms with Crippen molar-refractivity contribution in [3.05, 3.63) is 68.2 Å². The van der Waals surface area contributed by atoms with E-state index in [2.05, 4.69) is 26.5 Å². The van der Waals surface area contributed by atoms with E-state index in [0.717, 1.165) is 10.0 Å². The molecule has 22 heavy (non-hydrogen) atoms. The minimum Gasteiger partial charge on any atom is -0.271 e. The van der Waals surface area contributed by atoms with Crippen LogP contribution in [0.5, 0.6) is 0 Å². The van der Waals surface area contributed by atoms with E-state index in [1.54, 1.807) is 6.92 Å². The van der Waals surface area contributed by atoms with E-state index < -0.39 is 4.92 Å². The zero-order valence-electron chi connectivity index (χ0n) is 11.6. The van der Waals surface area contributed by atoms with Crippen LogP contribution in [-0.2, 0) is 0 Å². The van der Waals surface area contributed by atoms with Gasteiger partial charge in [0.1, 0.15) is 5.69 Å². The van der Waals surface area contributed by atoms with Gasteiger partial charge in [-0.15, -0.1) is 0 Å². The molecule has 0 spiro atoms. The van der Waals surface area contributed by atoms with Crippen molar-refractivity contribution in [1.82, 2.24) is 0 Å². The summed E-state index contributed by atoms with van der Waals surface area (Å²) in [5.74, 6) is 0. The van der Waals surface area contributed by atoms with Crippen LogP contribution >= 0.6 is 15.9 Å². The van der Waals surface area contributed by atoms with Crippen molar-refractivity contribution in [1.29, 1.82) is 5.26 Å². The van der Waals surface area contributed by atoms with Crippen LogP contribution in [0.4, 0.5) is 11.4 Å². The lowest BCUT2D eigenvalue weighted by Gasteiger charge is -2.05. The molecule has 0 aliphatic carbocycles. The molecular formula is C15H11BrN4O2. The third kappa shape index (κ3) is 3.68. The molecule has 0 atom stereocenters. The minimum absolute atomic E-state index is 0.189. The average molecular weight is 359 g/mol. The fraction of sp³-hybridized carbons (Fsp3) is 0.0667. The van der Waals surface area contributed by atoms with Crippen molar-refractivity contribution < 1.29 is 4.92 Å². The van der Waals surface area contributed by atoms with Crippen LogP contribution in [0.2, 0.25) is 0 Å². The number of benzene rings is 2. The molecule has 0 saturated heterocycles. The van der Waals surface area contributed by atoms with Gasteiger partial charge in [-0.1, -0.05) is 28.1 Å². The highest BCUT2D eigenvalue weighted by molar-refractivity contribution is 9.10. The van der Waals surface area contributed by atoms with Crippen molar-refractivity contribution in [3.63, 3.8) is 0 Å². The predicted molar refractivity (Wildman–Crippen MR) is 87.8 cm³/mol. The highest BCUT2D eigenvalue weighted by Gasteiger charge is 2.14. The number of nitrogens with one attached hydrogen (secondary N) is 1. The lowest BCUT2D eigenvalue weighted by molar-refractivity contribution is -0.384. The Kier molecular flexibility index (Phi) is 4.86. The lowest BCUT2D eigenvalue weighted by atomic mass is 10.1. The number of hydrazone groups is 1. The Labute approximate surface area is 135 Å². The summed E-state index contributed by atoms with van der Waals surface area (Å²) in [6.45, 7) is 1.80. The molecule has 110 valence electrons. The van der Waals surface area contributed by atoms with Crippen LogP contribution in [0, 0.1) is 21.4 Å². The fourth-order valence-corrected chi connectivity index (χ4v) is 2.01. The molecule has 6 nitrogen and oxygen atoms in total. The smallest absolute Gasteiger partial charge is 0.271 e. The van der Waals surface area contributed by atoms with Crippen molar-refractivity contribution in [3.8, 4) is 6.07 Å². The van der Waals surface area contributed by atoms with Gasteiger partial charge in [-0.3, -0.25) is 15.5 Å². The first-order valence-corrected chi connectivity index (χ1v) is 7.05. The normalized spacial score (nSPS) is 10.9. The summed E-state index contributed by atoms with van der Waals surface area (Å²) in [5, 5.41) is 24.0. The number of anilines is 1. The second-order valence-corrected chi connectivity index (χ2v) is 5.33. The third-order valence-corrected chi connectivity index (χ3v) is 3.46. The van der Waals surface area contributed by atoms with Crippen molar-refractivity contribution in [2.24, 2.45) is 5.10 Å². The topological polar surface area (TPSA) is 91.3 Å². The molecule has 0 bridgehead atoms. The number of nitro benzene ring substituents is 1. The highest BCUT2D eigenvalue weighted by atomic mass is 79.9. The van der Waals surface area contributed by atoms with E-state index >= 15 is 0 Å². The summed E-state index contributed by atoms with van der Waals surface area (Å²) in [5.41, 5.74) is 4.54. The van der Waals surface area contributed by atoms with Gasteiger partial charge in [-0.05, 0) is 36.8 Å². The van der Waals surface area contributed by atoms with Crippen LogP contribution in [-0.4, -0.2) is 10.6 Å². The van der Waals surface area contributed by atoms with Crippen LogP contribution in [0.25, 0.3) is 0 Å². The van der Waals surface area contributed by atoms with E-state index in [0.29, 0.717) is 5.71 Å². The number of nitriles is 1. The van der Waals surface area contributed by atoms with Gasteiger partial charge in [0, 0.05) is 10.5 Å². The quantitative estimate of drug-likeness (QED) is 0.506. The molecule has 0 aliphatic rings. The average Bonchev–Trinajstić information content (AvgIpc) is 2.53. The molecule has 2 rings (SSSR count). The molecular weight excluding hydrogens is 348 g/mol. The number of hydrogen-bond donors (Lipinski definition) is 1. The molecule has 0 aromatic heterocycles. The molecule has 1 N–H and O–H groups in total. The van der Waals surface area contributed by atoms with Crippen LogP contribution in [0.3, 0.4) is 0 Å². The Morgan fingerprint density at radius 3 is 2.59 bits per heavy atom. The number of nitrogens with zero attached hydrogens (tertiary/aromatic N) is 3. The van der Waals surface area contributed by atoms with E-state index in [1.165, 1.54) is 18.2 Å². The van der Waals surface area contributed by atoms with Gasteiger partial charge in [0.15, 0.2) is 0 Å². The molecule has 0 unspecified atom stereocenters. The SMILES string of the molecule is C/C(=N/Nc1ccc(C#N)cc1[N+](=O)[O-])c1ccc(Br)cc1. The van der Waals surface area contributed by atoms with Crippen molar-refractivity contribution >= 4 is 33.0 Å². The number of halogens is 1. The molecule has 2 aromatic rings. The van der Waals surface area contributed by atoms with Crippen molar-refractivity contribution in [2.45, 2.75) is 6.92 Å². The Morgan fingerprint density at radius 2 is 2.00 bits per heavy atom. The molecule has 2 aromatic carbocycles. The van der Waals surface area contributed by atoms with Gasteiger partial charge in [-0.25, -0.2) is 0 Å². The number of rotatable bonds is 4. The molecule has 0 heterocycles. The maximum atomic E-state index is 11.0. The lowest BCUT2D eigenvalue weighted by Crippen LogP contribution is -2.02. The van der Waals surface area contributed by atoms with Gasteiger partial charge in [0.2, 0.25) is 0 Å². The summed E-state index contributed by atoms with van der Waals surface area (Å²) in [7, 11) is 0. The second kappa shape index (κ2) is 6.83. The maximum Gasteiger partial charge on any atom is 0.295 e. The molecule has 0 fully saturated rings. The fourth-order valence-electron chi connectivity index (χ4n) is 1.75. The summed E-state index contributed by atoms with van der Waals surface area (Å²) >= 11 is 3.35. The first kappa shape index (κ1) is 15.7. The third-order valence-electron chi connectivity index (χ3n) is 2.93. The van der Waals surface area contributed by atoms with Gasteiger partial charge in [-0.2, -0.15) is 10.4 Å². The van der Waals surface area contributed by atoms with Crippen LogP contribution < -0.4 is 5.43 Å². The largest absolute Gasteiger partial charge is 0.295 e. The van der Waals surface area contributed by atoms with Crippen molar-refractivity contribution in [2.75, 3.05) is 5.43 Å². The van der Waals surface area contributed by atoms with E-state index in [4.69, 9.17) is 5.26 Å². The Bertz CT molecular complexity index is 779. The first-order valence-electron chi connectivity index (χ1n) is 6.26. The molecule has 0 amide bonds. The van der Waals surface area contributed by atoms with E-state index in [-0.39, 0.29) is 16.9 Å². The molecule has 0 radical (unpaired) electrons. The first-order chi connectivity index (χ1) is 10.5. The second-order valence-electron chi connectivity index (χ2n) is 4.42. The van der Waals surface area contributed by atoms with Crippen LogP contribution in [0.15, 0.2) is 52.0 Å². The van der Waals surface area contributed by atoms with E-state index in [1.807, 2.05) is 30.3 Å². The Morgan fingerprint density at radius 1 is 1.32 bits per heavy atom. The number of hydrogen-bond acceptors (Lipinski definition) is 5. The monoisotopic (exact) mass is 358 g/mol. The number of nitro groups is 1. The summed E-state index contributed by atoms with van der Waals surface area (Å²) in [6, 6.07) is 13.6. The van der Waals surface area contributed by atoms with Crippen LogP contribution in [0.1, 0.15) is 18.1 Å². The molecule has 7 heteroatoms. The summed E-state index contributed by atoms with van der Waals surface area (Å²) in [6.07, 6.45) is 0. The van der Waals surface area contributed by atoms with Gasteiger partial charge in [0.25, 0.3) is 5.69 Å². The van der Waals surface area contributed by atoms with Gasteiger partial charge >= 0.3 is 0 Å².